The molecule has 1 atom stereocenters. The molecule has 132 valence electrons. The lowest BCUT2D eigenvalue weighted by molar-refractivity contribution is -0.141. The van der Waals surface area contributed by atoms with Crippen molar-refractivity contribution in [3.63, 3.8) is 0 Å². The van der Waals surface area contributed by atoms with E-state index in [1.165, 1.54) is 4.31 Å². The van der Waals surface area contributed by atoms with E-state index in [1.807, 2.05) is 0 Å². The number of rotatable bonds is 2. The van der Waals surface area contributed by atoms with Crippen molar-refractivity contribution in [2.45, 2.75) is 23.1 Å². The highest BCUT2D eigenvalue weighted by Crippen LogP contribution is 2.33. The maximum absolute atomic E-state index is 12.6. The lowest BCUT2D eigenvalue weighted by atomic mass is 10.0. The van der Waals surface area contributed by atoms with Gasteiger partial charge in [-0.05, 0) is 30.7 Å². The molecular formula is C14H15F3N2O4S. The molecule has 2 fully saturated rings. The molecule has 1 spiro atoms. The van der Waals surface area contributed by atoms with Gasteiger partial charge in [0.2, 0.25) is 15.9 Å². The SMILES string of the molecule is O=C1COC2(CCN(S(=O)(=O)c3ccc(C(F)(F)F)cc3)C2)CN1. The van der Waals surface area contributed by atoms with Gasteiger partial charge in [-0.1, -0.05) is 0 Å². The number of benzene rings is 1. The molecule has 6 nitrogen and oxygen atoms in total. The van der Waals surface area contributed by atoms with Crippen LogP contribution in [-0.2, 0) is 25.7 Å². The van der Waals surface area contributed by atoms with Crippen LogP contribution in [0.1, 0.15) is 12.0 Å². The topological polar surface area (TPSA) is 75.7 Å². The number of hydrogen-bond donors (Lipinski definition) is 1. The Morgan fingerprint density at radius 3 is 2.42 bits per heavy atom. The zero-order valence-electron chi connectivity index (χ0n) is 12.5. The molecule has 2 aliphatic heterocycles. The normalized spacial score (nSPS) is 25.9. The molecule has 1 N–H and O–H groups in total. The molecular weight excluding hydrogens is 349 g/mol. The highest BCUT2D eigenvalue weighted by Gasteiger charge is 2.46. The molecule has 10 heteroatoms. The Hall–Kier alpha value is -1.65. The number of alkyl halides is 3. The maximum atomic E-state index is 12.6. The van der Waals surface area contributed by atoms with Crippen LogP contribution < -0.4 is 5.32 Å². The Balaban J connectivity index is 1.78. The first-order chi connectivity index (χ1) is 11.1. The highest BCUT2D eigenvalue weighted by atomic mass is 32.2. The highest BCUT2D eigenvalue weighted by molar-refractivity contribution is 7.89. The number of nitrogens with zero attached hydrogens (tertiary/aromatic N) is 1. The zero-order chi connectivity index (χ0) is 17.6. The van der Waals surface area contributed by atoms with Crippen molar-refractivity contribution in [3.8, 4) is 0 Å². The largest absolute Gasteiger partial charge is 0.416 e. The van der Waals surface area contributed by atoms with Crippen molar-refractivity contribution < 1.29 is 31.1 Å². The van der Waals surface area contributed by atoms with Crippen LogP contribution in [0.25, 0.3) is 0 Å². The number of sulfonamides is 1. The summed E-state index contributed by atoms with van der Waals surface area (Å²) in [6, 6.07) is 3.39. The number of halogens is 3. The van der Waals surface area contributed by atoms with Crippen molar-refractivity contribution >= 4 is 15.9 Å². The summed E-state index contributed by atoms with van der Waals surface area (Å²) in [5.41, 5.74) is -1.68. The second-order valence-corrected chi connectivity index (χ2v) is 7.80. The Morgan fingerprint density at radius 1 is 1.21 bits per heavy atom. The van der Waals surface area contributed by atoms with Gasteiger partial charge < -0.3 is 10.1 Å². The maximum Gasteiger partial charge on any atom is 0.416 e. The van der Waals surface area contributed by atoms with E-state index in [4.69, 9.17) is 4.74 Å². The molecule has 0 saturated carbocycles. The Labute approximate surface area is 136 Å². The average Bonchev–Trinajstić information content (AvgIpc) is 2.95. The third-order valence-electron chi connectivity index (χ3n) is 4.22. The van der Waals surface area contributed by atoms with Gasteiger partial charge in [0.1, 0.15) is 12.2 Å². The lowest BCUT2D eigenvalue weighted by Crippen LogP contribution is -2.54. The second kappa shape index (κ2) is 5.71. The second-order valence-electron chi connectivity index (χ2n) is 5.86. The molecule has 1 amide bonds. The molecule has 0 bridgehead atoms. The minimum absolute atomic E-state index is 0.0522. The van der Waals surface area contributed by atoms with Gasteiger partial charge in [-0.15, -0.1) is 0 Å². The third-order valence-corrected chi connectivity index (χ3v) is 6.08. The number of hydrogen-bond acceptors (Lipinski definition) is 4. The van der Waals surface area contributed by atoms with Crippen molar-refractivity contribution in [3.05, 3.63) is 29.8 Å². The predicted molar refractivity (Wildman–Crippen MR) is 76.5 cm³/mol. The van der Waals surface area contributed by atoms with Gasteiger partial charge in [0.05, 0.1) is 10.5 Å². The van der Waals surface area contributed by atoms with Crippen LogP contribution in [0.15, 0.2) is 29.2 Å². The van der Waals surface area contributed by atoms with Crippen molar-refractivity contribution in [1.82, 2.24) is 9.62 Å². The first-order valence-electron chi connectivity index (χ1n) is 7.21. The summed E-state index contributed by atoms with van der Waals surface area (Å²) < 4.78 is 69.6. The van der Waals surface area contributed by atoms with Crippen molar-refractivity contribution in [1.29, 1.82) is 0 Å². The quantitative estimate of drug-likeness (QED) is 0.849. The summed E-state index contributed by atoms with van der Waals surface area (Å²) in [6.07, 6.45) is -4.11. The van der Waals surface area contributed by atoms with Crippen LogP contribution in [0.4, 0.5) is 13.2 Å². The summed E-state index contributed by atoms with van der Waals surface area (Å²) >= 11 is 0. The Bertz CT molecular complexity index is 736. The fourth-order valence-corrected chi connectivity index (χ4v) is 4.34. The van der Waals surface area contributed by atoms with Gasteiger partial charge in [-0.25, -0.2) is 8.42 Å². The smallest absolute Gasteiger partial charge is 0.362 e. The van der Waals surface area contributed by atoms with Gasteiger partial charge in [0.25, 0.3) is 0 Å². The first kappa shape index (κ1) is 17.2. The number of carbonyl (C=O) groups is 1. The molecule has 2 heterocycles. The van der Waals surface area contributed by atoms with Gasteiger partial charge in [-0.2, -0.15) is 17.5 Å². The Kier molecular flexibility index (Phi) is 4.09. The molecule has 2 saturated heterocycles. The molecule has 0 radical (unpaired) electrons. The summed E-state index contributed by atoms with van der Waals surface area (Å²) in [4.78, 5) is 11.0. The van der Waals surface area contributed by atoms with Gasteiger partial charge in [0.15, 0.2) is 0 Å². The summed E-state index contributed by atoms with van der Waals surface area (Å²) in [6.45, 7) is 0.314. The zero-order valence-corrected chi connectivity index (χ0v) is 13.3. The van der Waals surface area contributed by atoms with E-state index >= 15 is 0 Å². The molecule has 1 aromatic carbocycles. The van der Waals surface area contributed by atoms with E-state index in [9.17, 15) is 26.4 Å². The minimum atomic E-state index is -4.52. The van der Waals surface area contributed by atoms with E-state index in [0.29, 0.717) is 6.42 Å². The molecule has 3 rings (SSSR count). The van der Waals surface area contributed by atoms with E-state index in [-0.39, 0.29) is 37.0 Å². The van der Waals surface area contributed by atoms with Crippen LogP contribution in [0.5, 0.6) is 0 Å². The van der Waals surface area contributed by atoms with E-state index in [2.05, 4.69) is 5.32 Å². The van der Waals surface area contributed by atoms with E-state index in [1.54, 1.807) is 0 Å². The molecule has 2 aliphatic rings. The Morgan fingerprint density at radius 2 is 1.88 bits per heavy atom. The van der Waals surface area contributed by atoms with E-state index < -0.39 is 27.4 Å². The monoisotopic (exact) mass is 364 g/mol. The minimum Gasteiger partial charge on any atom is -0.362 e. The number of carbonyl (C=O) groups excluding carboxylic acids is 1. The molecule has 1 unspecified atom stereocenters. The van der Waals surface area contributed by atoms with Crippen LogP contribution in [0, 0.1) is 0 Å². The molecule has 0 aromatic heterocycles. The number of amides is 1. The molecule has 0 aliphatic carbocycles. The van der Waals surface area contributed by atoms with Crippen molar-refractivity contribution in [2.24, 2.45) is 0 Å². The summed E-state index contributed by atoms with van der Waals surface area (Å²) in [5.74, 6) is -0.260. The number of nitrogens with one attached hydrogen (secondary N) is 1. The summed E-state index contributed by atoms with van der Waals surface area (Å²) in [5, 5.41) is 2.64. The van der Waals surface area contributed by atoms with Crippen LogP contribution in [0.2, 0.25) is 0 Å². The van der Waals surface area contributed by atoms with Crippen molar-refractivity contribution in [2.75, 3.05) is 26.2 Å². The number of ether oxygens (including phenoxy) is 1. The van der Waals surface area contributed by atoms with Gasteiger partial charge in [0, 0.05) is 19.6 Å². The van der Waals surface area contributed by atoms with Crippen LogP contribution in [0.3, 0.4) is 0 Å². The third kappa shape index (κ3) is 3.13. The number of morpholine rings is 1. The summed E-state index contributed by atoms with van der Waals surface area (Å²) in [7, 11) is -3.92. The fourth-order valence-electron chi connectivity index (χ4n) is 2.82. The van der Waals surface area contributed by atoms with Gasteiger partial charge >= 0.3 is 6.18 Å². The molecule has 24 heavy (non-hydrogen) atoms. The molecule has 1 aromatic rings. The standard InChI is InChI=1S/C14H15F3N2O4S/c15-14(16,17)10-1-3-11(4-2-10)24(21,22)19-6-5-13(9-19)8-18-12(20)7-23-13/h1-4H,5-9H2,(H,18,20). The first-order valence-corrected chi connectivity index (χ1v) is 8.65. The van der Waals surface area contributed by atoms with E-state index in [0.717, 1.165) is 24.3 Å². The van der Waals surface area contributed by atoms with Crippen LogP contribution >= 0.6 is 0 Å². The predicted octanol–water partition coefficient (Wildman–Crippen LogP) is 0.985. The van der Waals surface area contributed by atoms with Gasteiger partial charge in [-0.3, -0.25) is 4.79 Å². The van der Waals surface area contributed by atoms with Crippen LogP contribution in [-0.4, -0.2) is 50.5 Å². The average molecular weight is 364 g/mol. The fraction of sp³-hybridized carbons (Fsp3) is 0.500. The lowest BCUT2D eigenvalue weighted by Gasteiger charge is -2.33.